The van der Waals surface area contributed by atoms with Crippen molar-refractivity contribution in [3.63, 3.8) is 0 Å². The van der Waals surface area contributed by atoms with E-state index in [1.54, 1.807) is 0 Å². The molecule has 0 aromatic rings. The Balaban J connectivity index is 1.91. The Bertz CT molecular complexity index is 206. The van der Waals surface area contributed by atoms with E-state index < -0.39 is 5.60 Å². The molecule has 4 heteroatoms. The largest absolute Gasteiger partial charge is 0.390 e. The topological polar surface area (TPSA) is 47.9 Å². The molecule has 1 N–H and O–H groups in total. The third-order valence-corrected chi connectivity index (χ3v) is 3.36. The van der Waals surface area contributed by atoms with Gasteiger partial charge in [-0.2, -0.15) is 0 Å². The molecule has 0 radical (unpaired) electrons. The molecule has 1 fully saturated rings. The van der Waals surface area contributed by atoms with Gasteiger partial charge in [0, 0.05) is 13.2 Å². The van der Waals surface area contributed by atoms with Crippen molar-refractivity contribution in [1.82, 2.24) is 0 Å². The fraction of sp³-hybridized carbons (Fsp3) is 1.00. The van der Waals surface area contributed by atoms with Crippen LogP contribution in [0.2, 0.25) is 0 Å². The van der Waals surface area contributed by atoms with Crippen LogP contribution in [-0.2, 0) is 14.2 Å². The number of hydrogen-bond donors (Lipinski definition) is 1. The number of aliphatic hydroxyl groups is 1. The third-order valence-electron chi connectivity index (χ3n) is 3.36. The lowest BCUT2D eigenvalue weighted by Gasteiger charge is -2.33. The van der Waals surface area contributed by atoms with Gasteiger partial charge in [0.25, 0.3) is 0 Å². The summed E-state index contributed by atoms with van der Waals surface area (Å²) in [5.74, 6) is 0.497. The quantitative estimate of drug-likeness (QED) is 0.644. The summed E-state index contributed by atoms with van der Waals surface area (Å²) in [4.78, 5) is 0. The summed E-state index contributed by atoms with van der Waals surface area (Å²) in [6, 6.07) is 0. The van der Waals surface area contributed by atoms with Gasteiger partial charge in [0.1, 0.15) is 0 Å². The van der Waals surface area contributed by atoms with E-state index in [0.717, 1.165) is 32.5 Å². The second kappa shape index (κ2) is 8.86. The van der Waals surface area contributed by atoms with Gasteiger partial charge in [-0.05, 0) is 39.0 Å². The number of hydrogen-bond acceptors (Lipinski definition) is 4. The Morgan fingerprint density at radius 2 is 1.78 bits per heavy atom. The van der Waals surface area contributed by atoms with Crippen LogP contribution in [0, 0.1) is 5.92 Å². The van der Waals surface area contributed by atoms with Crippen LogP contribution in [0.1, 0.15) is 39.5 Å². The first-order chi connectivity index (χ1) is 8.64. The lowest BCUT2D eigenvalue weighted by molar-refractivity contribution is -0.0327. The van der Waals surface area contributed by atoms with Crippen LogP contribution in [-0.4, -0.2) is 50.3 Å². The minimum atomic E-state index is -0.486. The molecule has 0 spiro atoms. The Kier molecular flexibility index (Phi) is 7.82. The first-order valence-corrected chi connectivity index (χ1v) is 7.09. The predicted molar refractivity (Wildman–Crippen MR) is 70.7 cm³/mol. The van der Waals surface area contributed by atoms with Gasteiger partial charge in [-0.3, -0.25) is 0 Å². The fourth-order valence-electron chi connectivity index (χ4n) is 2.47. The van der Waals surface area contributed by atoms with Crippen molar-refractivity contribution in [2.45, 2.75) is 45.1 Å². The SMILES string of the molecule is CCOCCOCCOCC1CCCC(C)(O)C1. The first-order valence-electron chi connectivity index (χ1n) is 7.09. The van der Waals surface area contributed by atoms with Crippen LogP contribution in [0.25, 0.3) is 0 Å². The predicted octanol–water partition coefficient (Wildman–Crippen LogP) is 2.00. The summed E-state index contributed by atoms with van der Waals surface area (Å²) < 4.78 is 16.1. The summed E-state index contributed by atoms with van der Waals surface area (Å²) in [6.07, 6.45) is 4.05. The molecule has 0 amide bonds. The normalized spacial score (nSPS) is 28.5. The zero-order valence-corrected chi connectivity index (χ0v) is 11.8. The van der Waals surface area contributed by atoms with Crippen LogP contribution < -0.4 is 0 Å². The van der Waals surface area contributed by atoms with Crippen LogP contribution in [0.3, 0.4) is 0 Å². The molecule has 1 rings (SSSR count). The summed E-state index contributed by atoms with van der Waals surface area (Å²) in [7, 11) is 0. The van der Waals surface area contributed by atoms with Gasteiger partial charge in [0.2, 0.25) is 0 Å². The van der Waals surface area contributed by atoms with Crippen LogP contribution >= 0.6 is 0 Å². The Labute approximate surface area is 111 Å². The number of rotatable bonds is 9. The zero-order chi connectivity index (χ0) is 13.3. The van der Waals surface area contributed by atoms with E-state index in [1.165, 1.54) is 6.42 Å². The second-order valence-electron chi connectivity index (χ2n) is 5.34. The molecule has 1 aliphatic carbocycles. The second-order valence-corrected chi connectivity index (χ2v) is 5.34. The highest BCUT2D eigenvalue weighted by Gasteiger charge is 2.29. The van der Waals surface area contributed by atoms with Crippen LogP contribution in [0.4, 0.5) is 0 Å². The van der Waals surface area contributed by atoms with Crippen molar-refractivity contribution in [2.24, 2.45) is 5.92 Å². The highest BCUT2D eigenvalue weighted by Crippen LogP contribution is 2.31. The molecule has 0 heterocycles. The molecule has 0 aromatic carbocycles. The average Bonchev–Trinajstić information content (AvgIpc) is 2.31. The molecule has 0 saturated heterocycles. The van der Waals surface area contributed by atoms with E-state index in [-0.39, 0.29) is 0 Å². The standard InChI is InChI=1S/C14H28O4/c1-3-16-7-8-17-9-10-18-12-13-5-4-6-14(2,15)11-13/h13,15H,3-12H2,1-2H3. The molecule has 2 unspecified atom stereocenters. The lowest BCUT2D eigenvalue weighted by atomic mass is 9.80. The van der Waals surface area contributed by atoms with Gasteiger partial charge < -0.3 is 19.3 Å². The first kappa shape index (κ1) is 15.9. The summed E-state index contributed by atoms with van der Waals surface area (Å²) in [6.45, 7) is 7.92. The molecule has 0 aromatic heterocycles. The average molecular weight is 260 g/mol. The van der Waals surface area contributed by atoms with Crippen molar-refractivity contribution in [3.8, 4) is 0 Å². The van der Waals surface area contributed by atoms with Crippen molar-refractivity contribution in [1.29, 1.82) is 0 Å². The smallest absolute Gasteiger partial charge is 0.0701 e. The molecule has 4 nitrogen and oxygen atoms in total. The van der Waals surface area contributed by atoms with Crippen LogP contribution in [0.15, 0.2) is 0 Å². The van der Waals surface area contributed by atoms with E-state index in [9.17, 15) is 5.11 Å². The highest BCUT2D eigenvalue weighted by molar-refractivity contribution is 4.82. The maximum Gasteiger partial charge on any atom is 0.0701 e. The minimum absolute atomic E-state index is 0.486. The van der Waals surface area contributed by atoms with Gasteiger partial charge in [-0.25, -0.2) is 0 Å². The van der Waals surface area contributed by atoms with Gasteiger partial charge in [-0.1, -0.05) is 6.42 Å². The summed E-state index contributed by atoms with van der Waals surface area (Å²) in [5.41, 5.74) is -0.486. The van der Waals surface area contributed by atoms with E-state index in [2.05, 4.69) is 0 Å². The van der Waals surface area contributed by atoms with Crippen molar-refractivity contribution in [3.05, 3.63) is 0 Å². The third kappa shape index (κ3) is 7.31. The van der Waals surface area contributed by atoms with Crippen molar-refractivity contribution in [2.75, 3.05) is 39.6 Å². The van der Waals surface area contributed by atoms with Gasteiger partial charge >= 0.3 is 0 Å². The Hall–Kier alpha value is -0.160. The summed E-state index contributed by atoms with van der Waals surface area (Å²) >= 11 is 0. The molecule has 1 saturated carbocycles. The molecule has 18 heavy (non-hydrogen) atoms. The molecule has 1 aliphatic rings. The van der Waals surface area contributed by atoms with E-state index in [0.29, 0.717) is 32.3 Å². The molecular formula is C14H28O4. The molecule has 0 aliphatic heterocycles. The van der Waals surface area contributed by atoms with E-state index >= 15 is 0 Å². The maximum atomic E-state index is 9.97. The van der Waals surface area contributed by atoms with Gasteiger partial charge in [0.05, 0.1) is 32.0 Å². The molecular weight excluding hydrogens is 232 g/mol. The Morgan fingerprint density at radius 1 is 1.11 bits per heavy atom. The number of ether oxygens (including phenoxy) is 3. The van der Waals surface area contributed by atoms with Crippen molar-refractivity contribution < 1.29 is 19.3 Å². The molecule has 2 atom stereocenters. The minimum Gasteiger partial charge on any atom is -0.390 e. The van der Waals surface area contributed by atoms with Gasteiger partial charge in [0.15, 0.2) is 0 Å². The van der Waals surface area contributed by atoms with E-state index in [1.807, 2.05) is 13.8 Å². The van der Waals surface area contributed by atoms with E-state index in [4.69, 9.17) is 14.2 Å². The van der Waals surface area contributed by atoms with Gasteiger partial charge in [-0.15, -0.1) is 0 Å². The van der Waals surface area contributed by atoms with Crippen molar-refractivity contribution >= 4 is 0 Å². The molecule has 0 bridgehead atoms. The monoisotopic (exact) mass is 260 g/mol. The Morgan fingerprint density at radius 3 is 2.44 bits per heavy atom. The zero-order valence-electron chi connectivity index (χ0n) is 11.8. The highest BCUT2D eigenvalue weighted by atomic mass is 16.5. The maximum absolute atomic E-state index is 9.97. The van der Waals surface area contributed by atoms with Crippen LogP contribution in [0.5, 0.6) is 0 Å². The molecule has 108 valence electrons. The lowest BCUT2D eigenvalue weighted by Crippen LogP contribution is -2.33. The summed E-state index contributed by atoms with van der Waals surface area (Å²) in [5, 5.41) is 9.97. The fourth-order valence-corrected chi connectivity index (χ4v) is 2.47.